The number of nitrogens with one attached hydrogen (secondary N) is 1. The summed E-state index contributed by atoms with van der Waals surface area (Å²) in [5.74, 6) is 1.15. The molecule has 0 bridgehead atoms. The van der Waals surface area contributed by atoms with E-state index in [2.05, 4.69) is 15.4 Å². The lowest BCUT2D eigenvalue weighted by atomic mass is 9.99. The first-order valence-electron chi connectivity index (χ1n) is 7.92. The minimum Gasteiger partial charge on any atom is -0.444 e. The number of carbonyl (C=O) groups is 1. The van der Waals surface area contributed by atoms with Gasteiger partial charge in [0.2, 0.25) is 5.89 Å². The van der Waals surface area contributed by atoms with Crippen LogP contribution in [0.2, 0.25) is 0 Å². The Morgan fingerprint density at radius 3 is 2.96 bits per heavy atom. The third-order valence-corrected chi connectivity index (χ3v) is 4.05. The molecule has 7 nitrogen and oxygen atoms in total. The molecule has 0 aromatic carbocycles. The summed E-state index contributed by atoms with van der Waals surface area (Å²) in [7, 11) is 1.78. The van der Waals surface area contributed by atoms with Crippen LogP contribution in [0.1, 0.15) is 60.3 Å². The van der Waals surface area contributed by atoms with Crippen molar-refractivity contribution in [1.29, 1.82) is 0 Å². The zero-order valence-corrected chi connectivity index (χ0v) is 13.9. The van der Waals surface area contributed by atoms with Crippen LogP contribution in [-0.2, 0) is 31.2 Å². The molecule has 1 aliphatic heterocycles. The summed E-state index contributed by atoms with van der Waals surface area (Å²) in [5, 5.41) is 7.31. The Bertz CT molecular complexity index is 719. The van der Waals surface area contributed by atoms with E-state index in [4.69, 9.17) is 9.15 Å². The number of nitrogens with zero attached hydrogens (tertiary/aromatic N) is 3. The monoisotopic (exact) mass is 318 g/mol. The summed E-state index contributed by atoms with van der Waals surface area (Å²) in [6, 6.07) is 0. The smallest absolute Gasteiger partial charge is 0.270 e. The summed E-state index contributed by atoms with van der Waals surface area (Å²) in [4.78, 5) is 16.7. The van der Waals surface area contributed by atoms with Gasteiger partial charge in [-0.3, -0.25) is 9.48 Å². The predicted molar refractivity (Wildman–Crippen MR) is 82.9 cm³/mol. The van der Waals surface area contributed by atoms with Crippen LogP contribution in [-0.4, -0.2) is 26.8 Å². The van der Waals surface area contributed by atoms with Crippen LogP contribution in [0, 0.1) is 0 Å². The molecule has 0 aliphatic carbocycles. The van der Waals surface area contributed by atoms with Crippen molar-refractivity contribution in [2.24, 2.45) is 7.05 Å². The fourth-order valence-corrected chi connectivity index (χ4v) is 2.98. The van der Waals surface area contributed by atoms with Crippen molar-refractivity contribution in [3.8, 4) is 0 Å². The number of oxazole rings is 1. The van der Waals surface area contributed by atoms with Crippen molar-refractivity contribution in [2.75, 3.05) is 0 Å². The maximum atomic E-state index is 12.6. The molecule has 0 fully saturated rings. The molecule has 2 aromatic heterocycles. The number of aryl methyl sites for hydroxylation is 2. The second-order valence-electron chi connectivity index (χ2n) is 5.89. The van der Waals surface area contributed by atoms with Crippen LogP contribution >= 0.6 is 0 Å². The lowest BCUT2D eigenvalue weighted by molar-refractivity contribution is -0.00710. The molecule has 1 aliphatic rings. The van der Waals surface area contributed by atoms with Gasteiger partial charge in [-0.25, -0.2) is 4.98 Å². The van der Waals surface area contributed by atoms with Crippen molar-refractivity contribution in [3.05, 3.63) is 34.8 Å². The molecule has 1 amide bonds. The Hall–Kier alpha value is -2.15. The van der Waals surface area contributed by atoms with Crippen LogP contribution < -0.4 is 5.32 Å². The van der Waals surface area contributed by atoms with Gasteiger partial charge in [-0.1, -0.05) is 6.92 Å². The van der Waals surface area contributed by atoms with Crippen LogP contribution in [0.25, 0.3) is 0 Å². The average molecular weight is 318 g/mol. The van der Waals surface area contributed by atoms with E-state index in [1.807, 2.05) is 20.8 Å². The van der Waals surface area contributed by atoms with Crippen LogP contribution in [0.3, 0.4) is 0 Å². The van der Waals surface area contributed by atoms with Crippen molar-refractivity contribution in [3.63, 3.8) is 0 Å². The molecule has 1 N–H and O–H groups in total. The molecule has 0 unspecified atom stereocenters. The number of fused-ring (bicyclic) bond motifs is 1. The van der Waals surface area contributed by atoms with Gasteiger partial charge in [0.1, 0.15) is 11.5 Å². The first-order chi connectivity index (χ1) is 11.0. The predicted octanol–water partition coefficient (Wildman–Crippen LogP) is 1.92. The van der Waals surface area contributed by atoms with Gasteiger partial charge in [-0.05, 0) is 13.8 Å². The van der Waals surface area contributed by atoms with E-state index in [1.54, 1.807) is 17.9 Å². The van der Waals surface area contributed by atoms with Gasteiger partial charge in [0, 0.05) is 25.5 Å². The molecule has 0 radical (unpaired) electrons. The van der Waals surface area contributed by atoms with Crippen LogP contribution in [0.15, 0.2) is 10.6 Å². The van der Waals surface area contributed by atoms with E-state index < -0.39 is 0 Å². The Balaban J connectivity index is 1.77. The minimum atomic E-state index is -0.168. The molecule has 0 saturated heterocycles. The van der Waals surface area contributed by atoms with E-state index in [9.17, 15) is 4.79 Å². The fraction of sp³-hybridized carbons (Fsp3) is 0.562. The molecule has 23 heavy (non-hydrogen) atoms. The summed E-state index contributed by atoms with van der Waals surface area (Å²) >= 11 is 0. The highest BCUT2D eigenvalue weighted by atomic mass is 16.5. The van der Waals surface area contributed by atoms with Crippen LogP contribution in [0.4, 0.5) is 0 Å². The van der Waals surface area contributed by atoms with Gasteiger partial charge in [0.05, 0.1) is 30.6 Å². The lowest BCUT2D eigenvalue weighted by Crippen LogP contribution is -2.28. The average Bonchev–Trinajstić information content (AvgIpc) is 3.09. The Morgan fingerprint density at radius 1 is 1.48 bits per heavy atom. The fourth-order valence-electron chi connectivity index (χ4n) is 2.98. The first kappa shape index (κ1) is 15.7. The summed E-state index contributed by atoms with van der Waals surface area (Å²) in [6.45, 7) is 6.23. The van der Waals surface area contributed by atoms with Gasteiger partial charge in [0.15, 0.2) is 0 Å². The minimum absolute atomic E-state index is 0.0760. The van der Waals surface area contributed by atoms with E-state index >= 15 is 0 Å². The number of rotatable bonds is 4. The highest BCUT2D eigenvalue weighted by molar-refractivity contribution is 5.94. The molecule has 3 heterocycles. The van der Waals surface area contributed by atoms with Crippen molar-refractivity contribution < 1.29 is 13.9 Å². The lowest BCUT2D eigenvalue weighted by Gasteiger charge is -2.24. The van der Waals surface area contributed by atoms with E-state index in [0.29, 0.717) is 18.0 Å². The normalized spacial score (nSPS) is 20.3. The van der Waals surface area contributed by atoms with Crippen LogP contribution in [0.5, 0.6) is 0 Å². The summed E-state index contributed by atoms with van der Waals surface area (Å²) in [5.41, 5.74) is 2.40. The zero-order valence-electron chi connectivity index (χ0n) is 13.9. The molecule has 7 heteroatoms. The largest absolute Gasteiger partial charge is 0.444 e. The SMILES string of the molecule is CCc1cnc(CNC(=O)c2c3c(nn2C)[C@H](C)O[C@H](C)C3)o1. The highest BCUT2D eigenvalue weighted by Crippen LogP contribution is 2.31. The summed E-state index contributed by atoms with van der Waals surface area (Å²) < 4.78 is 12.9. The van der Waals surface area contributed by atoms with Gasteiger partial charge < -0.3 is 14.5 Å². The third kappa shape index (κ3) is 3.01. The summed E-state index contributed by atoms with van der Waals surface area (Å²) in [6.07, 6.45) is 3.14. The molecular formula is C16H22N4O3. The second-order valence-corrected chi connectivity index (χ2v) is 5.89. The van der Waals surface area contributed by atoms with E-state index in [-0.39, 0.29) is 24.7 Å². The maximum Gasteiger partial charge on any atom is 0.270 e. The van der Waals surface area contributed by atoms with Crippen molar-refractivity contribution in [2.45, 2.75) is 52.4 Å². The van der Waals surface area contributed by atoms with Gasteiger partial charge in [-0.15, -0.1) is 0 Å². The standard InChI is InChI=1S/C16H22N4O3/c1-5-11-7-17-13(23-11)8-18-16(21)15-12-6-9(2)22-10(3)14(12)19-20(15)4/h7,9-10H,5-6,8H2,1-4H3,(H,18,21)/t9-,10+/m1/s1. The first-order valence-corrected chi connectivity index (χ1v) is 7.92. The molecule has 124 valence electrons. The Labute approximate surface area is 135 Å². The third-order valence-electron chi connectivity index (χ3n) is 4.05. The van der Waals surface area contributed by atoms with E-state index in [0.717, 1.165) is 23.4 Å². The topological polar surface area (TPSA) is 82.2 Å². The number of carbonyl (C=O) groups excluding carboxylic acids is 1. The highest BCUT2D eigenvalue weighted by Gasteiger charge is 2.31. The Kier molecular flexibility index (Phi) is 4.21. The Morgan fingerprint density at radius 2 is 2.26 bits per heavy atom. The van der Waals surface area contributed by atoms with Gasteiger partial charge in [-0.2, -0.15) is 5.10 Å². The number of hydrogen-bond donors (Lipinski definition) is 1. The molecule has 2 atom stereocenters. The zero-order chi connectivity index (χ0) is 16.6. The maximum absolute atomic E-state index is 12.6. The van der Waals surface area contributed by atoms with Gasteiger partial charge in [0.25, 0.3) is 5.91 Å². The molecule has 0 spiro atoms. The van der Waals surface area contributed by atoms with E-state index in [1.165, 1.54) is 0 Å². The van der Waals surface area contributed by atoms with Crippen molar-refractivity contribution >= 4 is 5.91 Å². The number of aromatic nitrogens is 3. The number of hydrogen-bond acceptors (Lipinski definition) is 5. The molecular weight excluding hydrogens is 296 g/mol. The quantitative estimate of drug-likeness (QED) is 0.931. The molecule has 0 saturated carbocycles. The second kappa shape index (κ2) is 6.16. The molecule has 2 aromatic rings. The number of amides is 1. The van der Waals surface area contributed by atoms with Gasteiger partial charge >= 0.3 is 0 Å². The number of ether oxygens (including phenoxy) is 1. The van der Waals surface area contributed by atoms with Crippen molar-refractivity contribution in [1.82, 2.24) is 20.1 Å². The molecule has 3 rings (SSSR count).